The molecule has 26 heavy (non-hydrogen) atoms. The molecule has 5 nitrogen and oxygen atoms in total. The molecule has 0 aliphatic carbocycles. The number of nitrogens with zero attached hydrogens (tertiary/aromatic N) is 1. The van der Waals surface area contributed by atoms with Crippen LogP contribution < -0.4 is 5.32 Å². The topological polar surface area (TPSA) is 50.8 Å². The maximum Gasteiger partial charge on any atom is 0.253 e. The number of rotatable bonds is 6. The molecule has 2 fully saturated rings. The van der Waals surface area contributed by atoms with Gasteiger partial charge < -0.3 is 19.7 Å². The molecule has 1 spiro atoms. The van der Waals surface area contributed by atoms with E-state index in [1.165, 1.54) is 12.5 Å². The monoisotopic (exact) mass is 386 g/mol. The third-order valence-electron chi connectivity index (χ3n) is 5.43. The number of halogens is 2. The smallest absolute Gasteiger partial charge is 0.253 e. The molecule has 7 heteroatoms. The summed E-state index contributed by atoms with van der Waals surface area (Å²) in [5.74, 6) is -0.359. The van der Waals surface area contributed by atoms with Crippen molar-refractivity contribution in [3.05, 3.63) is 35.1 Å². The van der Waals surface area contributed by atoms with Crippen molar-refractivity contribution < 1.29 is 18.7 Å². The third-order valence-corrected chi connectivity index (χ3v) is 5.43. The second-order valence-electron chi connectivity index (χ2n) is 7.07. The van der Waals surface area contributed by atoms with E-state index < -0.39 is 0 Å². The van der Waals surface area contributed by atoms with Crippen LogP contribution in [-0.4, -0.2) is 57.3 Å². The van der Waals surface area contributed by atoms with E-state index in [0.29, 0.717) is 29.8 Å². The number of carbonyl (C=O) groups excluding carboxylic acids is 1. The Labute approximate surface area is 160 Å². The van der Waals surface area contributed by atoms with Gasteiger partial charge in [0, 0.05) is 37.9 Å². The molecule has 1 aromatic rings. The second-order valence-corrected chi connectivity index (χ2v) is 7.07. The summed E-state index contributed by atoms with van der Waals surface area (Å²) in [6, 6.07) is 4.54. The summed E-state index contributed by atoms with van der Waals surface area (Å²) in [6.45, 7) is 4.70. The van der Waals surface area contributed by atoms with Crippen LogP contribution in [0.1, 0.15) is 35.2 Å². The van der Waals surface area contributed by atoms with E-state index in [1.807, 2.05) is 4.90 Å². The van der Waals surface area contributed by atoms with Crippen LogP contribution in [0.3, 0.4) is 0 Å². The van der Waals surface area contributed by atoms with Crippen molar-refractivity contribution in [2.75, 3.05) is 46.5 Å². The molecule has 2 heterocycles. The Balaban J connectivity index is 0.00000243. The fourth-order valence-electron chi connectivity index (χ4n) is 3.73. The highest BCUT2D eigenvalue weighted by molar-refractivity contribution is 5.94. The van der Waals surface area contributed by atoms with Crippen molar-refractivity contribution in [1.82, 2.24) is 10.2 Å². The van der Waals surface area contributed by atoms with Crippen molar-refractivity contribution in [3.8, 4) is 0 Å². The van der Waals surface area contributed by atoms with Gasteiger partial charge in [-0.1, -0.05) is 0 Å². The normalized spacial score (nSPS) is 18.8. The average Bonchev–Trinajstić information content (AvgIpc) is 3.08. The molecule has 2 aliphatic rings. The van der Waals surface area contributed by atoms with Gasteiger partial charge in [-0.15, -0.1) is 12.4 Å². The molecule has 146 valence electrons. The van der Waals surface area contributed by atoms with Crippen LogP contribution in [0, 0.1) is 11.2 Å². The minimum atomic E-state index is -0.344. The number of hydrogen-bond acceptors (Lipinski definition) is 4. The zero-order valence-corrected chi connectivity index (χ0v) is 16.1. The van der Waals surface area contributed by atoms with E-state index in [1.54, 1.807) is 19.2 Å². The quantitative estimate of drug-likeness (QED) is 0.763. The van der Waals surface area contributed by atoms with Crippen molar-refractivity contribution in [1.29, 1.82) is 0 Å². The van der Waals surface area contributed by atoms with Gasteiger partial charge in [0.05, 0.1) is 19.8 Å². The van der Waals surface area contributed by atoms with Crippen LogP contribution >= 0.6 is 12.4 Å². The largest absolute Gasteiger partial charge is 0.382 e. The molecule has 0 saturated carbocycles. The van der Waals surface area contributed by atoms with E-state index in [4.69, 9.17) is 9.47 Å². The number of piperidine rings is 1. The molecule has 1 aromatic carbocycles. The SMILES string of the molecule is COCCOCc1cc(C(=O)N2CCC3(CCNC3)CC2)ccc1F.Cl. The van der Waals surface area contributed by atoms with E-state index in [9.17, 15) is 9.18 Å². The summed E-state index contributed by atoms with van der Waals surface area (Å²) in [5.41, 5.74) is 1.32. The molecule has 0 atom stereocenters. The number of likely N-dealkylation sites (tertiary alicyclic amines) is 1. The van der Waals surface area contributed by atoms with Crippen LogP contribution in [0.4, 0.5) is 4.39 Å². The average molecular weight is 387 g/mol. The van der Waals surface area contributed by atoms with Gasteiger partial charge in [-0.25, -0.2) is 4.39 Å². The number of carbonyl (C=O) groups is 1. The zero-order valence-electron chi connectivity index (χ0n) is 15.3. The summed E-state index contributed by atoms with van der Waals surface area (Å²) >= 11 is 0. The van der Waals surface area contributed by atoms with Gasteiger partial charge in [-0.05, 0) is 49.4 Å². The lowest BCUT2D eigenvalue weighted by Gasteiger charge is -2.39. The highest BCUT2D eigenvalue weighted by atomic mass is 35.5. The van der Waals surface area contributed by atoms with Gasteiger partial charge >= 0.3 is 0 Å². The van der Waals surface area contributed by atoms with Gasteiger partial charge in [-0.3, -0.25) is 4.79 Å². The Kier molecular flexibility index (Phi) is 7.83. The van der Waals surface area contributed by atoms with E-state index in [-0.39, 0.29) is 30.7 Å². The Morgan fingerprint density at radius 2 is 2.04 bits per heavy atom. The standard InChI is InChI=1S/C19H27FN2O3.ClH/c1-24-10-11-25-13-16-12-15(2-3-17(16)20)18(23)22-8-5-19(6-9-22)4-7-21-14-19;/h2-3,12,21H,4-11,13-14H2,1H3;1H. The molecule has 3 rings (SSSR count). The fraction of sp³-hybridized carbons (Fsp3) is 0.632. The summed E-state index contributed by atoms with van der Waals surface area (Å²) in [7, 11) is 1.59. The Morgan fingerprint density at radius 3 is 2.69 bits per heavy atom. The van der Waals surface area contributed by atoms with Crippen LogP contribution in [0.5, 0.6) is 0 Å². The number of amides is 1. The lowest BCUT2D eigenvalue weighted by Crippen LogP contribution is -2.44. The molecule has 1 amide bonds. The summed E-state index contributed by atoms with van der Waals surface area (Å²) in [6.07, 6.45) is 3.29. The minimum absolute atomic E-state index is 0. The van der Waals surface area contributed by atoms with Gasteiger partial charge in [0.2, 0.25) is 0 Å². The highest BCUT2D eigenvalue weighted by Crippen LogP contribution is 2.37. The fourth-order valence-corrected chi connectivity index (χ4v) is 3.73. The number of benzene rings is 1. The number of hydrogen-bond donors (Lipinski definition) is 1. The van der Waals surface area contributed by atoms with Crippen LogP contribution in [0.15, 0.2) is 18.2 Å². The van der Waals surface area contributed by atoms with Crippen molar-refractivity contribution >= 4 is 18.3 Å². The predicted octanol–water partition coefficient (Wildman–Crippen LogP) is 2.63. The molecule has 2 aliphatic heterocycles. The van der Waals surface area contributed by atoms with Crippen LogP contribution in [0.25, 0.3) is 0 Å². The maximum absolute atomic E-state index is 13.9. The van der Waals surface area contributed by atoms with E-state index in [0.717, 1.165) is 39.0 Å². The summed E-state index contributed by atoms with van der Waals surface area (Å²) < 4.78 is 24.2. The molecule has 0 radical (unpaired) electrons. The van der Waals surface area contributed by atoms with Crippen molar-refractivity contribution in [2.45, 2.75) is 25.9 Å². The Hall–Kier alpha value is -1.21. The molecule has 0 bridgehead atoms. The number of nitrogens with one attached hydrogen (secondary N) is 1. The molecule has 0 unspecified atom stereocenters. The van der Waals surface area contributed by atoms with E-state index >= 15 is 0 Å². The van der Waals surface area contributed by atoms with Gasteiger partial charge in [0.15, 0.2) is 0 Å². The first-order chi connectivity index (χ1) is 12.1. The Morgan fingerprint density at radius 1 is 1.27 bits per heavy atom. The molecule has 1 N–H and O–H groups in total. The molecule has 2 saturated heterocycles. The maximum atomic E-state index is 13.9. The van der Waals surface area contributed by atoms with Crippen LogP contribution in [0.2, 0.25) is 0 Å². The van der Waals surface area contributed by atoms with Crippen molar-refractivity contribution in [3.63, 3.8) is 0 Å². The third kappa shape index (κ3) is 4.94. The number of methoxy groups -OCH3 is 1. The zero-order chi connectivity index (χ0) is 17.7. The minimum Gasteiger partial charge on any atom is -0.382 e. The van der Waals surface area contributed by atoms with Gasteiger partial charge in [-0.2, -0.15) is 0 Å². The lowest BCUT2D eigenvalue weighted by atomic mass is 9.78. The van der Waals surface area contributed by atoms with Gasteiger partial charge in [0.1, 0.15) is 5.82 Å². The second kappa shape index (κ2) is 9.65. The Bertz CT molecular complexity index is 598. The first-order valence-electron chi connectivity index (χ1n) is 8.99. The molecule has 0 aromatic heterocycles. The number of ether oxygens (including phenoxy) is 2. The van der Waals surface area contributed by atoms with Crippen LogP contribution in [-0.2, 0) is 16.1 Å². The molecular weight excluding hydrogens is 359 g/mol. The predicted molar refractivity (Wildman–Crippen MR) is 100 cm³/mol. The van der Waals surface area contributed by atoms with E-state index in [2.05, 4.69) is 5.32 Å². The summed E-state index contributed by atoms with van der Waals surface area (Å²) in [4.78, 5) is 14.7. The highest BCUT2D eigenvalue weighted by Gasteiger charge is 2.38. The first kappa shape index (κ1) is 21.1. The lowest BCUT2D eigenvalue weighted by molar-refractivity contribution is 0.0591. The van der Waals surface area contributed by atoms with Crippen molar-refractivity contribution in [2.24, 2.45) is 5.41 Å². The summed E-state index contributed by atoms with van der Waals surface area (Å²) in [5, 5.41) is 3.43. The first-order valence-corrected chi connectivity index (χ1v) is 8.99. The molecular formula is C19H28ClFN2O3. The van der Waals surface area contributed by atoms with Gasteiger partial charge in [0.25, 0.3) is 5.91 Å².